The number of hydrogen-bond acceptors (Lipinski definition) is 3. The maximum atomic E-state index is 8.60. The molecule has 0 N–H and O–H groups in total. The second-order valence-corrected chi connectivity index (χ2v) is 41.5. The predicted molar refractivity (Wildman–Crippen MR) is 568 cm³/mol. The zero-order valence-corrected chi connectivity index (χ0v) is 78.9. The van der Waals surface area contributed by atoms with Crippen molar-refractivity contribution in [3.05, 3.63) is 415 Å². The van der Waals surface area contributed by atoms with Gasteiger partial charge in [0, 0.05) is 94.8 Å². The molecule has 0 saturated heterocycles. The van der Waals surface area contributed by atoms with Crippen LogP contribution in [-0.4, -0.2) is 13.7 Å². The number of para-hydroxylation sites is 6. The van der Waals surface area contributed by atoms with Crippen LogP contribution in [0.3, 0.4) is 0 Å². The third-order valence-electron chi connectivity index (χ3n) is 25.1. The zero-order chi connectivity index (χ0) is 97.2. The Morgan fingerprint density at radius 3 is 1.00 bits per heavy atom. The van der Waals surface area contributed by atoms with Crippen LogP contribution >= 0.6 is 22.7 Å². The highest BCUT2D eigenvalue weighted by Gasteiger charge is 2.29. The van der Waals surface area contributed by atoms with Gasteiger partial charge in [-0.1, -0.05) is 394 Å². The quantitative estimate of drug-likeness (QED) is 0.163. The molecule has 6 heteroatoms. The van der Waals surface area contributed by atoms with Gasteiger partial charge in [0.1, 0.15) is 11.2 Å². The molecule has 23 rings (SSSR count). The van der Waals surface area contributed by atoms with E-state index in [1.165, 1.54) is 146 Å². The lowest BCUT2D eigenvalue weighted by atomic mass is 9.83. The molecule has 6 heterocycles. The zero-order valence-electron chi connectivity index (χ0n) is 85.2. The van der Waals surface area contributed by atoms with Gasteiger partial charge in [-0.3, -0.25) is 0 Å². The first-order chi connectivity index (χ1) is 65.9. The summed E-state index contributed by atoms with van der Waals surface area (Å²) in [5.74, 6) is 0. The molecule has 4 nitrogen and oxygen atoms in total. The highest BCUT2D eigenvalue weighted by atomic mass is 32.1. The van der Waals surface area contributed by atoms with Crippen LogP contribution in [-0.2, 0) is 27.1 Å². The fourth-order valence-corrected chi connectivity index (χ4v) is 21.4. The number of nitrogens with zero attached hydrogens (tertiary/aromatic N) is 3. The molecule has 0 radical (unpaired) electrons. The van der Waals surface area contributed by atoms with Crippen LogP contribution in [0.5, 0.6) is 0 Å². The monoisotopic (exact) mass is 1730 g/mol. The lowest BCUT2D eigenvalue weighted by Gasteiger charge is -2.25. The maximum absolute atomic E-state index is 8.60. The fraction of sp³-hybridized carbons (Fsp3) is 0.177. The third kappa shape index (κ3) is 16.2. The number of furan rings is 1. The van der Waals surface area contributed by atoms with Crippen molar-refractivity contribution >= 4 is 150 Å². The molecule has 642 valence electrons. The molecule has 0 atom stereocenters. The molecule has 0 bridgehead atoms. The third-order valence-corrected chi connectivity index (χ3v) is 27.4. The molecular weight excluding hydrogens is 1610 g/mol. The van der Waals surface area contributed by atoms with Gasteiger partial charge in [-0.25, -0.2) is 0 Å². The molecule has 0 aliphatic carbocycles. The van der Waals surface area contributed by atoms with E-state index in [2.05, 4.69) is 403 Å². The topological polar surface area (TPSA) is 27.9 Å². The van der Waals surface area contributed by atoms with Gasteiger partial charge in [0.2, 0.25) is 0 Å². The van der Waals surface area contributed by atoms with Crippen LogP contribution in [0.2, 0.25) is 0 Å². The predicted octanol–water partition coefficient (Wildman–Crippen LogP) is 36.5. The van der Waals surface area contributed by atoms with E-state index in [0.29, 0.717) is 33.4 Å². The van der Waals surface area contributed by atoms with Gasteiger partial charge in [0.25, 0.3) is 0 Å². The summed E-state index contributed by atoms with van der Waals surface area (Å²) in [6.45, 7) is 37.0. The summed E-state index contributed by atoms with van der Waals surface area (Å²) in [4.78, 5) is 0. The summed E-state index contributed by atoms with van der Waals surface area (Å²) in [5.41, 5.74) is 25.0. The van der Waals surface area contributed by atoms with E-state index in [9.17, 15) is 0 Å². The van der Waals surface area contributed by atoms with Gasteiger partial charge in [0.15, 0.2) is 0 Å². The summed E-state index contributed by atoms with van der Waals surface area (Å²) in [7, 11) is 0. The van der Waals surface area contributed by atoms with Crippen LogP contribution < -0.4 is 0 Å². The van der Waals surface area contributed by atoms with E-state index in [0.717, 1.165) is 37.6 Å². The van der Waals surface area contributed by atoms with Crippen molar-refractivity contribution in [3.63, 3.8) is 0 Å². The molecule has 0 amide bonds. The van der Waals surface area contributed by atoms with Crippen LogP contribution in [0.4, 0.5) is 0 Å². The molecule has 130 heavy (non-hydrogen) atoms. The fourth-order valence-electron chi connectivity index (χ4n) is 19.1. The summed E-state index contributed by atoms with van der Waals surface area (Å²) in [6, 6.07) is 116. The van der Waals surface area contributed by atoms with Crippen LogP contribution in [0, 0.1) is 13.8 Å². The summed E-state index contributed by atoms with van der Waals surface area (Å²) >= 11 is 3.62. The Kier molecular flexibility index (Phi) is 20.1. The standard InChI is InChI=1S/C34H28N2.C23H22O.C23H22S.C22H21N.C22H20S/c1-34(2,3)28-21-20-23(35-29-16-8-4-12-24(29)25-13-5-9-17-30(25)35)22-33(28)36-31-18-10-6-14-26(31)27-15-7-11-19-32(27)36;2*1-15-8-5-9-16(14-15)17-10-6-12-19-21(17)22-18(23(2,3)4)11-7-13-20(22)24-19;1-22(2,3)16-9-8-10-17(15-16)23-20-13-6-4-11-18(20)19-12-5-7-14-21(19)23;1-22(2,3)17-12-8-14-19-21(17)20-16(11-7-13-18(20)23-19)15-9-5-4-6-10-15/h4-22H,1-3H3;2*5-14H,1-4H3;4-15H,1-3H3;4-14H,1-3H3/i;2*5D,8D,9D,14D;;. The van der Waals surface area contributed by atoms with E-state index in [4.69, 9.17) is 15.4 Å². The molecule has 17 aromatic carbocycles. The lowest BCUT2D eigenvalue weighted by molar-refractivity contribution is 0.587. The Hall–Kier alpha value is -13.6. The number of benzene rings is 17. The van der Waals surface area contributed by atoms with Crippen molar-refractivity contribution in [1.29, 1.82) is 0 Å². The average Bonchev–Trinajstić information content (AvgIpc) is 1.63. The van der Waals surface area contributed by atoms with Crippen molar-refractivity contribution < 1.29 is 15.4 Å². The van der Waals surface area contributed by atoms with Gasteiger partial charge in [-0.15, -0.1) is 22.7 Å². The van der Waals surface area contributed by atoms with Gasteiger partial charge >= 0.3 is 0 Å². The molecule has 0 saturated carbocycles. The van der Waals surface area contributed by atoms with Crippen molar-refractivity contribution in [1.82, 2.24) is 13.7 Å². The molecular formula is C124H113N3OS2. The van der Waals surface area contributed by atoms with Gasteiger partial charge in [-0.05, 0) is 199 Å². The van der Waals surface area contributed by atoms with Gasteiger partial charge in [0.05, 0.1) is 49.8 Å². The number of hydrogen-bond donors (Lipinski definition) is 0. The summed E-state index contributed by atoms with van der Waals surface area (Å²) in [6.07, 6.45) is 0. The minimum atomic E-state index is -0.149. The molecule has 0 fully saturated rings. The normalized spacial score (nSPS) is 13.1. The number of thiophene rings is 2. The highest BCUT2D eigenvalue weighted by Crippen LogP contribution is 2.49. The highest BCUT2D eigenvalue weighted by molar-refractivity contribution is 7.26. The van der Waals surface area contributed by atoms with Crippen LogP contribution in [0.1, 0.15) is 154 Å². The Balaban J connectivity index is 0.000000111. The van der Waals surface area contributed by atoms with E-state index in [-0.39, 0.29) is 75.4 Å². The first-order valence-electron chi connectivity index (χ1n) is 49.1. The maximum Gasteiger partial charge on any atom is 0.136 e. The summed E-state index contributed by atoms with van der Waals surface area (Å²) in [5, 5.41) is 14.7. The van der Waals surface area contributed by atoms with E-state index >= 15 is 0 Å². The average molecular weight is 1730 g/mol. The van der Waals surface area contributed by atoms with Gasteiger partial charge in [-0.2, -0.15) is 0 Å². The van der Waals surface area contributed by atoms with E-state index < -0.39 is 0 Å². The van der Waals surface area contributed by atoms with Gasteiger partial charge < -0.3 is 18.1 Å². The molecule has 23 aromatic rings. The minimum Gasteiger partial charge on any atom is -0.456 e. The Bertz CT molecular complexity index is 8330. The smallest absolute Gasteiger partial charge is 0.136 e. The minimum absolute atomic E-state index is 0.0127. The second-order valence-electron chi connectivity index (χ2n) is 39.4. The molecule has 0 unspecified atom stereocenters. The largest absolute Gasteiger partial charge is 0.456 e. The number of rotatable bonds is 6. The van der Waals surface area contributed by atoms with Crippen molar-refractivity contribution in [3.8, 4) is 50.4 Å². The molecule has 6 aromatic heterocycles. The first kappa shape index (κ1) is 76.4. The van der Waals surface area contributed by atoms with Crippen LogP contribution in [0.25, 0.3) is 178 Å². The Labute approximate surface area is 784 Å². The summed E-state index contributed by atoms with van der Waals surface area (Å²) < 4.78 is 85.0. The van der Waals surface area contributed by atoms with Crippen molar-refractivity contribution in [2.24, 2.45) is 0 Å². The van der Waals surface area contributed by atoms with E-state index in [1.54, 1.807) is 25.2 Å². The Morgan fingerprint density at radius 1 is 0.254 bits per heavy atom. The van der Waals surface area contributed by atoms with Crippen molar-refractivity contribution in [2.75, 3.05) is 0 Å². The SMILES string of the molecule is CC(C)(C)c1ccc(-n2c3ccccc3c3ccccc32)cc1-n1c2ccccc2c2ccccc21.CC(C)(C)c1cccc(-n2c3ccccc3c3ccccc32)c1.CC(C)(C)c1cccc2sc3cccc(-c4ccccc4)c3c12.[2H]c1c([2H])c(C)c([2H])c(-c2cccc3oc4cccc(C(C)(C)C)c4c23)c1[2H].[2H]c1c([2H])c(C)c([2H])c(-c2cccc3sc4cccc(C(C)(C)C)c4c23)c1[2H]. The first-order valence-corrected chi connectivity index (χ1v) is 46.8. The van der Waals surface area contributed by atoms with E-state index in [1.807, 2.05) is 53.8 Å². The lowest BCUT2D eigenvalue weighted by Crippen LogP contribution is -2.16. The van der Waals surface area contributed by atoms with Crippen LogP contribution in [0.15, 0.2) is 380 Å². The Morgan fingerprint density at radius 2 is 0.585 bits per heavy atom. The molecule has 0 aliphatic heterocycles. The van der Waals surface area contributed by atoms with Crippen molar-refractivity contribution in [2.45, 2.75) is 145 Å². The molecule has 0 aliphatic rings. The number of fused-ring (bicyclic) bond motifs is 18. The number of aromatic nitrogens is 3. The molecule has 0 spiro atoms. The second kappa shape index (κ2) is 34.1.